The predicted octanol–water partition coefficient (Wildman–Crippen LogP) is 2.48. The molecule has 0 N–H and O–H groups in total. The number of nitriles is 1. The third-order valence-corrected chi connectivity index (χ3v) is 2.89. The molecule has 8 heteroatoms. The molecule has 0 aromatic carbocycles. The smallest absolute Gasteiger partial charge is 0.425 e. The van der Waals surface area contributed by atoms with Crippen molar-refractivity contribution in [2.75, 3.05) is 13.2 Å². The Kier molecular flexibility index (Phi) is 3.56. The van der Waals surface area contributed by atoms with Crippen LogP contribution in [-0.2, 0) is 10.4 Å². The van der Waals surface area contributed by atoms with Gasteiger partial charge in [0.1, 0.15) is 17.5 Å². The van der Waals surface area contributed by atoms with Gasteiger partial charge in [-0.15, -0.1) is 0 Å². The Morgan fingerprint density at radius 3 is 2.60 bits per heavy atom. The van der Waals surface area contributed by atoms with Crippen LogP contribution in [0.2, 0.25) is 0 Å². The third kappa shape index (κ3) is 2.67. The molecule has 0 aliphatic carbocycles. The molecule has 1 unspecified atom stereocenters. The van der Waals surface area contributed by atoms with Crippen LogP contribution in [0.15, 0.2) is 12.3 Å². The van der Waals surface area contributed by atoms with Crippen LogP contribution in [0, 0.1) is 11.3 Å². The number of hydrogen-bond acceptors (Lipinski definition) is 4. The fourth-order valence-corrected chi connectivity index (χ4v) is 1.63. The number of nitrogens with zero attached hydrogens (tertiary/aromatic N) is 2. The fourth-order valence-electron chi connectivity index (χ4n) is 1.63. The normalized spacial score (nSPS) is 18.8. The lowest BCUT2D eigenvalue weighted by molar-refractivity contribution is -0.190. The number of pyridine rings is 1. The molecule has 0 saturated carbocycles. The van der Waals surface area contributed by atoms with Crippen molar-refractivity contribution in [3.05, 3.63) is 23.5 Å². The highest BCUT2D eigenvalue weighted by molar-refractivity contribution is 5.42. The summed E-state index contributed by atoms with van der Waals surface area (Å²) in [5.41, 5.74) is -2.22. The van der Waals surface area contributed by atoms with Gasteiger partial charge in [-0.1, -0.05) is 0 Å². The Labute approximate surface area is 111 Å². The van der Waals surface area contributed by atoms with E-state index in [2.05, 4.69) is 4.98 Å². The van der Waals surface area contributed by atoms with Crippen LogP contribution in [0.4, 0.5) is 17.6 Å². The van der Waals surface area contributed by atoms with Gasteiger partial charge < -0.3 is 9.47 Å². The predicted molar refractivity (Wildman–Crippen MR) is 58.7 cm³/mol. The van der Waals surface area contributed by atoms with Crippen molar-refractivity contribution >= 4 is 0 Å². The summed E-state index contributed by atoms with van der Waals surface area (Å²) in [4.78, 5) is 3.66. The summed E-state index contributed by atoms with van der Waals surface area (Å²) in [6, 6.07) is 2.67. The molecule has 2 heterocycles. The highest BCUT2D eigenvalue weighted by atomic mass is 19.4. The second-order valence-corrected chi connectivity index (χ2v) is 4.44. The minimum Gasteiger partial charge on any atom is -0.481 e. The molecular weight excluding hydrogens is 280 g/mol. The van der Waals surface area contributed by atoms with Crippen molar-refractivity contribution in [1.82, 2.24) is 4.98 Å². The van der Waals surface area contributed by atoms with E-state index in [0.717, 1.165) is 19.2 Å². The molecule has 0 radical (unpaired) electrons. The van der Waals surface area contributed by atoms with Gasteiger partial charge in [-0.05, 0) is 6.92 Å². The van der Waals surface area contributed by atoms with E-state index in [1.165, 1.54) is 0 Å². The number of aromatic nitrogens is 1. The van der Waals surface area contributed by atoms with Gasteiger partial charge in [-0.3, -0.25) is 0 Å². The minimum absolute atomic E-state index is 0.140. The average molecular weight is 290 g/mol. The summed E-state index contributed by atoms with van der Waals surface area (Å²) in [5.74, 6) is -0.341. The van der Waals surface area contributed by atoms with E-state index in [0.29, 0.717) is 0 Å². The molecule has 1 aliphatic rings. The van der Waals surface area contributed by atoms with Gasteiger partial charge in [-0.2, -0.15) is 18.4 Å². The molecule has 108 valence electrons. The Morgan fingerprint density at radius 1 is 1.50 bits per heavy atom. The van der Waals surface area contributed by atoms with Crippen LogP contribution in [0.5, 0.6) is 5.75 Å². The molecular formula is C12H10F4N2O2. The van der Waals surface area contributed by atoms with Gasteiger partial charge in [0.15, 0.2) is 11.8 Å². The van der Waals surface area contributed by atoms with E-state index < -0.39 is 17.9 Å². The first-order chi connectivity index (χ1) is 9.26. The Morgan fingerprint density at radius 2 is 2.15 bits per heavy atom. The van der Waals surface area contributed by atoms with Crippen LogP contribution >= 0.6 is 0 Å². The zero-order valence-electron chi connectivity index (χ0n) is 10.4. The molecule has 1 aromatic heterocycles. The Bertz CT molecular complexity index is 549. The molecule has 0 amide bonds. The molecule has 1 fully saturated rings. The molecule has 1 aromatic rings. The standard InChI is InChI=1S/C12H10F4N2O2/c1-7(12(14,15)16)20-10-2-8(3-17)18-4-9(10)11(13)5-19-6-11/h2,4,7H,5-6H2,1H3. The van der Waals surface area contributed by atoms with Crippen molar-refractivity contribution in [1.29, 1.82) is 5.26 Å². The second kappa shape index (κ2) is 4.90. The molecule has 1 saturated heterocycles. The maximum absolute atomic E-state index is 14.3. The molecule has 0 bridgehead atoms. The average Bonchev–Trinajstić information content (AvgIpc) is 2.34. The summed E-state index contributed by atoms with van der Waals surface area (Å²) in [5, 5.41) is 8.71. The summed E-state index contributed by atoms with van der Waals surface area (Å²) in [6.07, 6.45) is -5.70. The molecule has 4 nitrogen and oxygen atoms in total. The first-order valence-electron chi connectivity index (χ1n) is 5.67. The third-order valence-electron chi connectivity index (χ3n) is 2.89. The van der Waals surface area contributed by atoms with E-state index in [4.69, 9.17) is 14.7 Å². The zero-order chi connectivity index (χ0) is 15.0. The van der Waals surface area contributed by atoms with Crippen LogP contribution < -0.4 is 4.74 Å². The van der Waals surface area contributed by atoms with E-state index in [1.807, 2.05) is 0 Å². The molecule has 1 aliphatic heterocycles. The number of hydrogen-bond donors (Lipinski definition) is 0. The zero-order valence-corrected chi connectivity index (χ0v) is 10.4. The number of rotatable bonds is 3. The number of halogens is 4. The van der Waals surface area contributed by atoms with Crippen LogP contribution in [0.3, 0.4) is 0 Å². The quantitative estimate of drug-likeness (QED) is 0.802. The van der Waals surface area contributed by atoms with Gasteiger partial charge in [0.25, 0.3) is 0 Å². The van der Waals surface area contributed by atoms with Gasteiger partial charge in [0.2, 0.25) is 0 Å². The molecule has 20 heavy (non-hydrogen) atoms. The van der Waals surface area contributed by atoms with E-state index in [1.54, 1.807) is 6.07 Å². The monoisotopic (exact) mass is 290 g/mol. The SMILES string of the molecule is CC(Oc1cc(C#N)ncc1C1(F)COC1)C(F)(F)F. The maximum atomic E-state index is 14.3. The van der Waals surface area contributed by atoms with Crippen LogP contribution in [-0.4, -0.2) is 30.5 Å². The number of ether oxygens (including phenoxy) is 2. The lowest BCUT2D eigenvalue weighted by Crippen LogP contribution is -2.43. The Hall–Kier alpha value is -1.88. The lowest BCUT2D eigenvalue weighted by Gasteiger charge is -2.35. The first kappa shape index (κ1) is 14.5. The second-order valence-electron chi connectivity index (χ2n) is 4.44. The summed E-state index contributed by atoms with van der Waals surface area (Å²) in [7, 11) is 0. The highest BCUT2D eigenvalue weighted by Crippen LogP contribution is 2.40. The van der Waals surface area contributed by atoms with Crippen LogP contribution in [0.1, 0.15) is 18.2 Å². The Balaban J connectivity index is 2.36. The summed E-state index contributed by atoms with van der Waals surface area (Å²) in [6.45, 7) is 0.243. The largest absolute Gasteiger partial charge is 0.481 e. The fraction of sp³-hybridized carbons (Fsp3) is 0.500. The van der Waals surface area contributed by atoms with E-state index in [9.17, 15) is 17.6 Å². The van der Waals surface area contributed by atoms with Gasteiger partial charge in [0, 0.05) is 12.3 Å². The van der Waals surface area contributed by atoms with Gasteiger partial charge in [-0.25, -0.2) is 9.37 Å². The summed E-state index contributed by atoms with van der Waals surface area (Å²) >= 11 is 0. The lowest BCUT2D eigenvalue weighted by atomic mass is 9.94. The van der Waals surface area contributed by atoms with Crippen LogP contribution in [0.25, 0.3) is 0 Å². The van der Waals surface area contributed by atoms with Crippen molar-refractivity contribution in [3.8, 4) is 11.8 Å². The van der Waals surface area contributed by atoms with Crippen molar-refractivity contribution in [2.45, 2.75) is 24.9 Å². The topological polar surface area (TPSA) is 55.1 Å². The number of alkyl halides is 4. The highest BCUT2D eigenvalue weighted by Gasteiger charge is 2.45. The maximum Gasteiger partial charge on any atom is 0.425 e. The van der Waals surface area contributed by atoms with Crippen molar-refractivity contribution < 1.29 is 27.0 Å². The van der Waals surface area contributed by atoms with Gasteiger partial charge in [0.05, 0.1) is 18.8 Å². The van der Waals surface area contributed by atoms with Gasteiger partial charge >= 0.3 is 6.18 Å². The molecule has 2 rings (SSSR count). The van der Waals surface area contributed by atoms with Crippen molar-refractivity contribution in [2.24, 2.45) is 0 Å². The van der Waals surface area contributed by atoms with E-state index in [-0.39, 0.29) is 30.2 Å². The molecule has 1 atom stereocenters. The summed E-state index contributed by atoms with van der Waals surface area (Å²) < 4.78 is 61.3. The van der Waals surface area contributed by atoms with Crippen molar-refractivity contribution in [3.63, 3.8) is 0 Å². The first-order valence-corrected chi connectivity index (χ1v) is 5.67. The molecule has 0 spiro atoms. The van der Waals surface area contributed by atoms with E-state index >= 15 is 0 Å². The minimum atomic E-state index is -4.59.